The molecule has 0 saturated heterocycles. The van der Waals surface area contributed by atoms with Gasteiger partial charge >= 0.3 is 0 Å². The van der Waals surface area contributed by atoms with Crippen molar-refractivity contribution in [3.63, 3.8) is 0 Å². The molecule has 0 radical (unpaired) electrons. The highest BCUT2D eigenvalue weighted by atomic mass is 16.3. The molecule has 43 heavy (non-hydrogen) atoms. The highest BCUT2D eigenvalue weighted by molar-refractivity contribution is 6.27. The Kier molecular flexibility index (Phi) is 5.27. The molecule has 0 bridgehead atoms. The van der Waals surface area contributed by atoms with Crippen molar-refractivity contribution in [2.24, 2.45) is 0 Å². The molecule has 1 heterocycles. The summed E-state index contributed by atoms with van der Waals surface area (Å²) < 4.78 is 6.48. The molecule has 9 rings (SSSR count). The minimum absolute atomic E-state index is 0.905. The van der Waals surface area contributed by atoms with E-state index in [1.54, 1.807) is 0 Å². The van der Waals surface area contributed by atoms with Crippen LogP contribution in [0.4, 0.5) is 0 Å². The fourth-order valence-corrected chi connectivity index (χ4v) is 6.86. The van der Waals surface area contributed by atoms with Crippen molar-refractivity contribution in [3.8, 4) is 44.7 Å². The summed E-state index contributed by atoms with van der Waals surface area (Å²) in [5, 5.41) is 8.93. The second kappa shape index (κ2) is 9.44. The lowest BCUT2D eigenvalue weighted by Gasteiger charge is -2.16. The summed E-state index contributed by atoms with van der Waals surface area (Å²) in [4.78, 5) is 0. The third-order valence-electron chi connectivity index (χ3n) is 8.87. The molecule has 1 heteroatoms. The monoisotopic (exact) mass is 546 g/mol. The number of fused-ring (bicyclic) bond motifs is 1. The van der Waals surface area contributed by atoms with Gasteiger partial charge in [-0.05, 0) is 66.2 Å². The van der Waals surface area contributed by atoms with E-state index in [4.69, 9.17) is 4.42 Å². The zero-order valence-electron chi connectivity index (χ0n) is 23.4. The number of rotatable bonds is 4. The molecule has 0 unspecified atom stereocenters. The quantitative estimate of drug-likeness (QED) is 0.200. The second-order valence-electron chi connectivity index (χ2n) is 11.3. The molecule has 0 aliphatic rings. The van der Waals surface area contributed by atoms with Gasteiger partial charge in [-0.15, -0.1) is 0 Å². The second-order valence-corrected chi connectivity index (χ2v) is 11.3. The van der Waals surface area contributed by atoms with Crippen molar-refractivity contribution in [3.05, 3.63) is 158 Å². The number of furan rings is 1. The minimum atomic E-state index is 0.905. The zero-order valence-corrected chi connectivity index (χ0v) is 23.4. The van der Waals surface area contributed by atoms with Gasteiger partial charge in [-0.3, -0.25) is 0 Å². The highest BCUT2D eigenvalue weighted by Gasteiger charge is 2.18. The van der Waals surface area contributed by atoms with E-state index in [0.29, 0.717) is 0 Å². The van der Waals surface area contributed by atoms with Gasteiger partial charge in [0.2, 0.25) is 0 Å². The molecule has 0 fully saturated rings. The largest absolute Gasteiger partial charge is 0.455 e. The normalized spacial score (nSPS) is 11.7. The van der Waals surface area contributed by atoms with E-state index in [9.17, 15) is 0 Å². The lowest BCUT2D eigenvalue weighted by molar-refractivity contribution is 0.632. The first-order valence-corrected chi connectivity index (χ1v) is 14.8. The Balaban J connectivity index is 1.21. The van der Waals surface area contributed by atoms with Crippen LogP contribution in [0.15, 0.2) is 162 Å². The van der Waals surface area contributed by atoms with Crippen LogP contribution in [0.2, 0.25) is 0 Å². The first-order valence-electron chi connectivity index (χ1n) is 14.8. The third-order valence-corrected chi connectivity index (χ3v) is 8.87. The smallest absolute Gasteiger partial charge is 0.143 e. The van der Waals surface area contributed by atoms with Crippen LogP contribution in [-0.2, 0) is 0 Å². The molecule has 0 saturated carbocycles. The molecule has 0 N–H and O–H groups in total. The Morgan fingerprint density at radius 3 is 1.44 bits per heavy atom. The average molecular weight is 547 g/mol. The van der Waals surface area contributed by atoms with Gasteiger partial charge in [0, 0.05) is 16.5 Å². The van der Waals surface area contributed by atoms with Crippen molar-refractivity contribution in [1.82, 2.24) is 0 Å². The number of benzene rings is 8. The molecule has 9 aromatic rings. The van der Waals surface area contributed by atoms with Crippen molar-refractivity contribution >= 4 is 43.3 Å². The number of para-hydroxylation sites is 1. The summed E-state index contributed by atoms with van der Waals surface area (Å²) in [5.41, 5.74) is 9.24. The molecule has 8 aromatic carbocycles. The topological polar surface area (TPSA) is 13.1 Å². The molecule has 0 amide bonds. The maximum Gasteiger partial charge on any atom is 0.143 e. The standard InChI is InChI=1S/C42H26O/c1-3-9-27(10-4-1)33-23-19-30-22-26-36-34(24-20-31-21-25-35(33)39(30)40(31)36)28-15-17-32(18-16-28)42-41(29-11-5-2-6-12-29)37-13-7-8-14-38(37)43-42/h1-26H. The maximum atomic E-state index is 6.48. The number of hydrogen-bond acceptors (Lipinski definition) is 1. The van der Waals surface area contributed by atoms with E-state index in [1.807, 2.05) is 12.1 Å². The predicted octanol–water partition coefficient (Wildman–Crippen LogP) is 12.0. The van der Waals surface area contributed by atoms with Crippen molar-refractivity contribution in [1.29, 1.82) is 0 Å². The number of hydrogen-bond donors (Lipinski definition) is 0. The van der Waals surface area contributed by atoms with Crippen molar-refractivity contribution in [2.45, 2.75) is 0 Å². The van der Waals surface area contributed by atoms with E-state index in [0.717, 1.165) is 33.4 Å². The van der Waals surface area contributed by atoms with Crippen LogP contribution in [0, 0.1) is 0 Å². The summed E-state index contributed by atoms with van der Waals surface area (Å²) in [6.07, 6.45) is 0. The van der Waals surface area contributed by atoms with E-state index in [1.165, 1.54) is 54.6 Å². The van der Waals surface area contributed by atoms with Gasteiger partial charge in [0.05, 0.1) is 0 Å². The maximum absolute atomic E-state index is 6.48. The van der Waals surface area contributed by atoms with Crippen LogP contribution in [0.5, 0.6) is 0 Å². The summed E-state index contributed by atoms with van der Waals surface area (Å²) >= 11 is 0. The first kappa shape index (κ1) is 24.0. The van der Waals surface area contributed by atoms with Crippen LogP contribution in [-0.4, -0.2) is 0 Å². The molecular formula is C42H26O. The van der Waals surface area contributed by atoms with E-state index >= 15 is 0 Å². The Morgan fingerprint density at radius 2 is 0.814 bits per heavy atom. The van der Waals surface area contributed by atoms with Gasteiger partial charge in [0.1, 0.15) is 11.3 Å². The molecule has 0 atom stereocenters. The van der Waals surface area contributed by atoms with Gasteiger partial charge in [0.15, 0.2) is 0 Å². The fraction of sp³-hybridized carbons (Fsp3) is 0. The highest BCUT2D eigenvalue weighted by Crippen LogP contribution is 2.44. The lowest BCUT2D eigenvalue weighted by Crippen LogP contribution is -1.89. The lowest BCUT2D eigenvalue weighted by atomic mass is 9.87. The molecule has 0 aliphatic carbocycles. The Morgan fingerprint density at radius 1 is 0.326 bits per heavy atom. The predicted molar refractivity (Wildman–Crippen MR) is 182 cm³/mol. The van der Waals surface area contributed by atoms with Crippen LogP contribution in [0.25, 0.3) is 88.0 Å². The Bertz CT molecular complexity index is 2410. The van der Waals surface area contributed by atoms with Gasteiger partial charge in [-0.1, -0.05) is 152 Å². The molecule has 1 nitrogen and oxygen atoms in total. The molecular weight excluding hydrogens is 520 g/mol. The van der Waals surface area contributed by atoms with E-state index in [-0.39, 0.29) is 0 Å². The summed E-state index contributed by atoms with van der Waals surface area (Å²) in [7, 11) is 0. The van der Waals surface area contributed by atoms with Gasteiger partial charge in [-0.25, -0.2) is 0 Å². The molecule has 200 valence electrons. The molecule has 0 aliphatic heterocycles. The fourth-order valence-electron chi connectivity index (χ4n) is 6.86. The first-order chi connectivity index (χ1) is 21.3. The van der Waals surface area contributed by atoms with Crippen molar-refractivity contribution in [2.75, 3.05) is 0 Å². The van der Waals surface area contributed by atoms with Gasteiger partial charge < -0.3 is 4.42 Å². The SMILES string of the molecule is c1ccc(-c2c(-c3ccc(-c4ccc5ccc6c(-c7ccccc7)ccc7ccc4c5c76)cc3)oc3ccccc23)cc1. The zero-order chi connectivity index (χ0) is 28.3. The summed E-state index contributed by atoms with van der Waals surface area (Å²) in [6.45, 7) is 0. The summed E-state index contributed by atoms with van der Waals surface area (Å²) in [6, 6.07) is 56.6. The third kappa shape index (κ3) is 3.72. The Hall–Kier alpha value is -5.66. The van der Waals surface area contributed by atoms with Crippen LogP contribution in [0.1, 0.15) is 0 Å². The molecule has 0 spiro atoms. The van der Waals surface area contributed by atoms with Gasteiger partial charge in [0.25, 0.3) is 0 Å². The van der Waals surface area contributed by atoms with Crippen LogP contribution < -0.4 is 0 Å². The van der Waals surface area contributed by atoms with Gasteiger partial charge in [-0.2, -0.15) is 0 Å². The van der Waals surface area contributed by atoms with Crippen molar-refractivity contribution < 1.29 is 4.42 Å². The average Bonchev–Trinajstić information content (AvgIpc) is 3.48. The van der Waals surface area contributed by atoms with E-state index < -0.39 is 0 Å². The van der Waals surface area contributed by atoms with Crippen LogP contribution >= 0.6 is 0 Å². The summed E-state index contributed by atoms with van der Waals surface area (Å²) in [5.74, 6) is 0.905. The molecule has 1 aromatic heterocycles. The Labute approximate surface area is 249 Å². The van der Waals surface area contributed by atoms with Crippen LogP contribution in [0.3, 0.4) is 0 Å². The minimum Gasteiger partial charge on any atom is -0.455 e. The van der Waals surface area contributed by atoms with E-state index in [2.05, 4.69) is 146 Å².